The van der Waals surface area contributed by atoms with Gasteiger partial charge in [0.25, 0.3) is 0 Å². The van der Waals surface area contributed by atoms with E-state index in [-0.39, 0.29) is 55.6 Å². The van der Waals surface area contributed by atoms with Crippen LogP contribution >= 0.6 is 11.8 Å². The first-order valence-electron chi connectivity index (χ1n) is 9.38. The average molecular weight is 526 g/mol. The van der Waals surface area contributed by atoms with Crippen molar-refractivity contribution in [1.82, 2.24) is 15.0 Å². The fourth-order valence-electron chi connectivity index (χ4n) is 2.75. The second kappa shape index (κ2) is 9.44. The molecule has 0 saturated carbocycles. The molecule has 0 aliphatic rings. The van der Waals surface area contributed by atoms with Gasteiger partial charge in [-0.3, -0.25) is 5.01 Å². The molecule has 7 nitrogen and oxygen atoms in total. The number of rotatable bonds is 7. The molecule has 0 spiro atoms. The molecule has 2 heterocycles. The average Bonchev–Trinajstić information content (AvgIpc) is 3.12. The number of thioether (sulfide) groups is 1. The predicted octanol–water partition coefficient (Wildman–Crippen LogP) is 5.12. The molecule has 3 aromatic rings. The number of halogens is 6. The monoisotopic (exact) mass is 526 g/mol. The van der Waals surface area contributed by atoms with Crippen LogP contribution in [0, 0.1) is 0 Å². The third-order valence-electron chi connectivity index (χ3n) is 4.20. The van der Waals surface area contributed by atoms with Crippen LogP contribution < -0.4 is 0 Å². The zero-order valence-electron chi connectivity index (χ0n) is 17.5. The van der Waals surface area contributed by atoms with E-state index in [0.717, 1.165) is 31.6 Å². The van der Waals surface area contributed by atoms with Gasteiger partial charge in [-0.2, -0.15) is 31.4 Å². The minimum absolute atomic E-state index is 0.0605. The lowest BCUT2D eigenvalue weighted by molar-refractivity contribution is -0.142. The van der Waals surface area contributed by atoms with Gasteiger partial charge in [0.1, 0.15) is 17.8 Å². The summed E-state index contributed by atoms with van der Waals surface area (Å²) >= 11 is -0.337. The van der Waals surface area contributed by atoms with Crippen molar-refractivity contribution >= 4 is 38.9 Å². The van der Waals surface area contributed by atoms with Gasteiger partial charge in [-0.25, -0.2) is 18.4 Å². The molecule has 0 N–H and O–H groups in total. The van der Waals surface area contributed by atoms with Gasteiger partial charge in [-0.05, 0) is 36.0 Å². The van der Waals surface area contributed by atoms with Crippen molar-refractivity contribution in [1.29, 1.82) is 0 Å². The van der Waals surface area contributed by atoms with E-state index < -0.39 is 28.1 Å². The summed E-state index contributed by atoms with van der Waals surface area (Å²) in [7, 11) is -2.81. The number of hydrogen-bond acceptors (Lipinski definition) is 8. The Morgan fingerprint density at radius 1 is 1.18 bits per heavy atom. The summed E-state index contributed by atoms with van der Waals surface area (Å²) in [5, 5.41) is 4.25. The number of benzene rings is 1. The molecule has 0 bridgehead atoms. The van der Waals surface area contributed by atoms with E-state index in [4.69, 9.17) is 4.42 Å². The first-order chi connectivity index (χ1) is 15.7. The van der Waals surface area contributed by atoms with Crippen molar-refractivity contribution in [2.75, 3.05) is 19.3 Å². The third-order valence-corrected chi connectivity index (χ3v) is 6.66. The largest absolute Gasteiger partial charge is 0.446 e. The Bertz CT molecular complexity index is 1320. The maximum atomic E-state index is 12.7. The Balaban J connectivity index is 2.01. The van der Waals surface area contributed by atoms with E-state index in [2.05, 4.69) is 15.1 Å². The predicted molar refractivity (Wildman–Crippen MR) is 113 cm³/mol. The van der Waals surface area contributed by atoms with Gasteiger partial charge in [0.2, 0.25) is 5.89 Å². The van der Waals surface area contributed by atoms with E-state index >= 15 is 0 Å². The van der Waals surface area contributed by atoms with Crippen LogP contribution in [0.4, 0.5) is 26.3 Å². The molecular formula is C19H16F6N4O3S2. The molecule has 3 rings (SSSR count). The lowest BCUT2D eigenvalue weighted by Gasteiger charge is -2.14. The molecular weight excluding hydrogens is 510 g/mol. The second-order valence-corrected chi connectivity index (χ2v) is 10.3. The van der Waals surface area contributed by atoms with Gasteiger partial charge in [-0.15, -0.1) is 0 Å². The van der Waals surface area contributed by atoms with E-state index in [0.29, 0.717) is 5.01 Å². The summed E-state index contributed by atoms with van der Waals surface area (Å²) in [6, 6.07) is 4.76. The minimum Gasteiger partial charge on any atom is -0.435 e. The highest BCUT2D eigenvalue weighted by Crippen LogP contribution is 2.38. The summed E-state index contributed by atoms with van der Waals surface area (Å²) in [6.45, 7) is 0.0658. The molecule has 0 fully saturated rings. The molecule has 34 heavy (non-hydrogen) atoms. The van der Waals surface area contributed by atoms with Crippen molar-refractivity contribution in [2.24, 2.45) is 5.10 Å². The summed E-state index contributed by atoms with van der Waals surface area (Å²) in [6.07, 6.45) is -2.30. The highest BCUT2D eigenvalue weighted by molar-refractivity contribution is 8.00. The Morgan fingerprint density at radius 2 is 1.88 bits per heavy atom. The van der Waals surface area contributed by atoms with Crippen LogP contribution in [0.2, 0.25) is 0 Å². The summed E-state index contributed by atoms with van der Waals surface area (Å²) in [5.41, 5.74) is -4.42. The van der Waals surface area contributed by atoms with Crippen molar-refractivity contribution in [3.8, 4) is 11.6 Å². The van der Waals surface area contributed by atoms with E-state index in [1.54, 1.807) is 0 Å². The maximum Gasteiger partial charge on any atom is 0.446 e. The Labute approximate surface area is 193 Å². The fourth-order valence-corrected chi connectivity index (χ4v) is 4.39. The van der Waals surface area contributed by atoms with Gasteiger partial charge in [0.05, 0.1) is 16.9 Å². The molecule has 184 valence electrons. The molecule has 0 saturated heterocycles. The van der Waals surface area contributed by atoms with Crippen LogP contribution in [0.5, 0.6) is 0 Å². The van der Waals surface area contributed by atoms with Crippen LogP contribution in [0.1, 0.15) is 12.5 Å². The number of aromatic nitrogens is 2. The number of alkyl halides is 6. The van der Waals surface area contributed by atoms with Gasteiger partial charge in [0.15, 0.2) is 15.4 Å². The maximum absolute atomic E-state index is 12.7. The summed E-state index contributed by atoms with van der Waals surface area (Å²) in [4.78, 5) is 7.68. The van der Waals surface area contributed by atoms with Crippen LogP contribution in [-0.2, 0) is 9.84 Å². The molecule has 2 aromatic heterocycles. The zero-order valence-corrected chi connectivity index (χ0v) is 19.1. The molecule has 0 atom stereocenters. The first kappa shape index (κ1) is 25.8. The van der Waals surface area contributed by atoms with Crippen LogP contribution in [0.25, 0.3) is 22.7 Å². The van der Waals surface area contributed by atoms with Crippen LogP contribution in [0.3, 0.4) is 0 Å². The number of fused-ring (bicyclic) bond motifs is 1. The lowest BCUT2D eigenvalue weighted by Crippen LogP contribution is -2.27. The zero-order chi connectivity index (χ0) is 25.3. The topological polar surface area (TPSA) is 88.7 Å². The Morgan fingerprint density at radius 3 is 2.50 bits per heavy atom. The van der Waals surface area contributed by atoms with Gasteiger partial charge in [0, 0.05) is 23.7 Å². The first-order valence-corrected chi connectivity index (χ1v) is 11.8. The van der Waals surface area contributed by atoms with Crippen molar-refractivity contribution in [2.45, 2.75) is 28.4 Å². The minimum atomic E-state index is -4.50. The molecule has 0 unspecified atom stereocenters. The van der Waals surface area contributed by atoms with Crippen molar-refractivity contribution in [3.63, 3.8) is 0 Å². The van der Waals surface area contributed by atoms with E-state index in [1.807, 2.05) is 0 Å². The second-order valence-electron chi connectivity index (χ2n) is 6.89. The number of pyridine rings is 1. The normalized spacial score (nSPS) is 13.2. The fraction of sp³-hybridized carbons (Fsp3) is 0.316. The molecule has 0 aliphatic heterocycles. The molecule has 0 aliphatic carbocycles. The van der Waals surface area contributed by atoms with Crippen molar-refractivity contribution < 1.29 is 39.2 Å². The van der Waals surface area contributed by atoms with Gasteiger partial charge >= 0.3 is 11.7 Å². The highest BCUT2D eigenvalue weighted by Gasteiger charge is 2.30. The van der Waals surface area contributed by atoms with Crippen LogP contribution in [0.15, 0.2) is 49.8 Å². The Hall–Kier alpha value is -2.81. The number of sulfone groups is 1. The smallest absolute Gasteiger partial charge is 0.435 e. The third kappa shape index (κ3) is 6.62. The molecule has 0 amide bonds. The van der Waals surface area contributed by atoms with Gasteiger partial charge < -0.3 is 4.42 Å². The number of hydrogen-bond donors (Lipinski definition) is 0. The summed E-state index contributed by atoms with van der Waals surface area (Å²) in [5.74, 6) is -0.572. The lowest BCUT2D eigenvalue weighted by atomic mass is 10.2. The number of oxazole rings is 1. The van der Waals surface area contributed by atoms with Crippen LogP contribution in [-0.4, -0.2) is 60.6 Å². The Kier molecular flexibility index (Phi) is 7.17. The molecule has 15 heteroatoms. The van der Waals surface area contributed by atoms with E-state index in [1.165, 1.54) is 19.1 Å². The summed E-state index contributed by atoms with van der Waals surface area (Å²) < 4.78 is 106. The van der Waals surface area contributed by atoms with Crippen molar-refractivity contribution in [3.05, 3.63) is 36.0 Å². The standard InChI is InChI=1S/C19H16F6N4O3S2/c1-3-34(30,31)15-6-11(9-27-29(2)10-18(20,21)22)8-26-16(15)17-28-13-7-12(33-19(23,24)25)4-5-14(13)32-17/h4-9H,3,10H2,1-2H3/b27-9+. The highest BCUT2D eigenvalue weighted by atomic mass is 32.2. The number of hydrazone groups is 1. The quantitative estimate of drug-likeness (QED) is 0.183. The van der Waals surface area contributed by atoms with E-state index in [9.17, 15) is 34.8 Å². The number of nitrogens with zero attached hydrogens (tertiary/aromatic N) is 4. The SMILES string of the molecule is CCS(=O)(=O)c1cc(/C=N/N(C)CC(F)(F)F)cnc1-c1nc2cc(SC(F)(F)F)ccc2o1. The van der Waals surface area contributed by atoms with Gasteiger partial charge in [-0.1, -0.05) is 6.92 Å². The molecule has 1 aromatic carbocycles. The molecule has 0 radical (unpaired) electrons.